The van der Waals surface area contributed by atoms with Crippen molar-refractivity contribution in [1.29, 1.82) is 0 Å². The molecule has 0 radical (unpaired) electrons. The van der Waals surface area contributed by atoms with E-state index in [0.29, 0.717) is 4.77 Å². The van der Waals surface area contributed by atoms with Crippen molar-refractivity contribution in [2.75, 3.05) is 0 Å². The van der Waals surface area contributed by atoms with E-state index >= 15 is 0 Å². The van der Waals surface area contributed by atoms with Crippen LogP contribution in [0, 0.1) is 11.7 Å². The summed E-state index contributed by atoms with van der Waals surface area (Å²) in [5.74, 6) is 0.967. The van der Waals surface area contributed by atoms with Crippen molar-refractivity contribution in [1.82, 2.24) is 14.8 Å². The SMILES string of the molecule is Cc1cccc(-n2c(CCc3ccccc3)n[nH]c2=S)c1. The van der Waals surface area contributed by atoms with Crippen LogP contribution in [0.5, 0.6) is 0 Å². The Morgan fingerprint density at radius 2 is 1.86 bits per heavy atom. The molecule has 1 heterocycles. The van der Waals surface area contributed by atoms with Gasteiger partial charge in [0.1, 0.15) is 5.82 Å². The molecule has 21 heavy (non-hydrogen) atoms. The van der Waals surface area contributed by atoms with Gasteiger partial charge in [-0.3, -0.25) is 9.67 Å². The third-order valence-electron chi connectivity index (χ3n) is 3.48. The zero-order valence-electron chi connectivity index (χ0n) is 11.9. The lowest BCUT2D eigenvalue weighted by Crippen LogP contribution is -2.03. The number of aryl methyl sites for hydroxylation is 3. The zero-order chi connectivity index (χ0) is 14.7. The third-order valence-corrected chi connectivity index (χ3v) is 3.76. The van der Waals surface area contributed by atoms with Crippen molar-refractivity contribution in [3.05, 3.63) is 76.3 Å². The Kier molecular flexibility index (Phi) is 3.97. The predicted octanol–water partition coefficient (Wildman–Crippen LogP) is 4.02. The molecule has 2 aromatic carbocycles. The van der Waals surface area contributed by atoms with E-state index in [2.05, 4.69) is 59.6 Å². The first kappa shape index (κ1) is 13.8. The van der Waals surface area contributed by atoms with Crippen LogP contribution >= 0.6 is 12.2 Å². The first-order valence-corrected chi connectivity index (χ1v) is 7.42. The maximum absolute atomic E-state index is 5.37. The lowest BCUT2D eigenvalue weighted by Gasteiger charge is -2.07. The summed E-state index contributed by atoms with van der Waals surface area (Å²) in [6.07, 6.45) is 1.80. The highest BCUT2D eigenvalue weighted by molar-refractivity contribution is 7.71. The molecule has 1 aromatic heterocycles. The van der Waals surface area contributed by atoms with Crippen molar-refractivity contribution >= 4 is 12.2 Å². The summed E-state index contributed by atoms with van der Waals surface area (Å²) in [5.41, 5.74) is 3.59. The van der Waals surface area contributed by atoms with Crippen LogP contribution in [-0.4, -0.2) is 14.8 Å². The monoisotopic (exact) mass is 295 g/mol. The number of rotatable bonds is 4. The second-order valence-corrected chi connectivity index (χ2v) is 5.49. The summed E-state index contributed by atoms with van der Waals surface area (Å²) < 4.78 is 2.66. The highest BCUT2D eigenvalue weighted by atomic mass is 32.1. The second-order valence-electron chi connectivity index (χ2n) is 5.10. The molecule has 0 bridgehead atoms. The topological polar surface area (TPSA) is 33.6 Å². The van der Waals surface area contributed by atoms with Crippen LogP contribution in [0.15, 0.2) is 54.6 Å². The minimum absolute atomic E-state index is 0.642. The lowest BCUT2D eigenvalue weighted by atomic mass is 10.1. The molecule has 0 aliphatic heterocycles. The van der Waals surface area contributed by atoms with E-state index in [1.165, 1.54) is 11.1 Å². The molecule has 1 N–H and O–H groups in total. The Morgan fingerprint density at radius 1 is 1.05 bits per heavy atom. The van der Waals surface area contributed by atoms with Crippen LogP contribution < -0.4 is 0 Å². The van der Waals surface area contributed by atoms with Gasteiger partial charge in [-0.2, -0.15) is 5.10 Å². The molecule has 3 aromatic rings. The molecule has 3 rings (SSSR count). The standard InChI is InChI=1S/C17H17N3S/c1-13-6-5-9-15(12-13)20-16(18-19-17(20)21)11-10-14-7-3-2-4-8-14/h2-9,12H,10-11H2,1H3,(H,19,21). The summed E-state index contributed by atoms with van der Waals surface area (Å²) in [5, 5.41) is 7.29. The number of aromatic nitrogens is 3. The highest BCUT2D eigenvalue weighted by Crippen LogP contribution is 2.14. The van der Waals surface area contributed by atoms with Crippen molar-refractivity contribution in [3.8, 4) is 5.69 Å². The first-order chi connectivity index (χ1) is 10.2. The van der Waals surface area contributed by atoms with E-state index in [1.807, 2.05) is 16.7 Å². The average molecular weight is 295 g/mol. The van der Waals surface area contributed by atoms with E-state index < -0.39 is 0 Å². The molecule has 0 saturated heterocycles. The molecule has 0 spiro atoms. The Labute approximate surface area is 129 Å². The molecule has 4 heteroatoms. The van der Waals surface area contributed by atoms with Crippen LogP contribution in [-0.2, 0) is 12.8 Å². The first-order valence-electron chi connectivity index (χ1n) is 7.01. The largest absolute Gasteiger partial charge is 0.272 e. The maximum Gasteiger partial charge on any atom is 0.199 e. The molecular formula is C17H17N3S. The Hall–Kier alpha value is -2.20. The normalized spacial score (nSPS) is 10.7. The molecule has 0 atom stereocenters. The molecule has 3 nitrogen and oxygen atoms in total. The van der Waals surface area contributed by atoms with Crippen molar-refractivity contribution in [2.45, 2.75) is 19.8 Å². The fraction of sp³-hybridized carbons (Fsp3) is 0.176. The van der Waals surface area contributed by atoms with Gasteiger partial charge in [0.25, 0.3) is 0 Å². The molecule has 0 unspecified atom stereocenters. The van der Waals surface area contributed by atoms with Gasteiger partial charge in [-0.25, -0.2) is 0 Å². The van der Waals surface area contributed by atoms with Crippen LogP contribution in [0.3, 0.4) is 0 Å². The fourth-order valence-electron chi connectivity index (χ4n) is 2.43. The van der Waals surface area contributed by atoms with Gasteiger partial charge in [0.2, 0.25) is 0 Å². The van der Waals surface area contributed by atoms with Gasteiger partial charge in [0.15, 0.2) is 4.77 Å². The summed E-state index contributed by atoms with van der Waals surface area (Å²) in [6, 6.07) is 18.7. The number of aromatic amines is 1. The van der Waals surface area contributed by atoms with Gasteiger partial charge >= 0.3 is 0 Å². The van der Waals surface area contributed by atoms with Gasteiger partial charge in [-0.15, -0.1) is 0 Å². The number of nitrogens with one attached hydrogen (secondary N) is 1. The Balaban J connectivity index is 1.89. The Bertz CT molecular complexity index is 787. The number of H-pyrrole nitrogens is 1. The maximum atomic E-state index is 5.37. The number of benzene rings is 2. The smallest absolute Gasteiger partial charge is 0.199 e. The van der Waals surface area contributed by atoms with Crippen molar-refractivity contribution < 1.29 is 0 Å². The number of hydrogen-bond acceptors (Lipinski definition) is 2. The average Bonchev–Trinajstić information content (AvgIpc) is 2.87. The van der Waals surface area contributed by atoms with E-state index in [4.69, 9.17) is 12.2 Å². The van der Waals surface area contributed by atoms with Gasteiger partial charge in [0.05, 0.1) is 0 Å². The van der Waals surface area contributed by atoms with Crippen LogP contribution in [0.1, 0.15) is 17.0 Å². The van der Waals surface area contributed by atoms with Crippen molar-refractivity contribution in [3.63, 3.8) is 0 Å². The summed E-state index contributed by atoms with van der Waals surface area (Å²) in [6.45, 7) is 2.08. The van der Waals surface area contributed by atoms with Crippen molar-refractivity contribution in [2.24, 2.45) is 0 Å². The van der Waals surface area contributed by atoms with E-state index in [1.54, 1.807) is 0 Å². The van der Waals surface area contributed by atoms with Gasteiger partial charge in [-0.1, -0.05) is 42.5 Å². The van der Waals surface area contributed by atoms with E-state index in [9.17, 15) is 0 Å². The number of hydrogen-bond donors (Lipinski definition) is 1. The van der Waals surface area contributed by atoms with Gasteiger partial charge in [0, 0.05) is 12.1 Å². The lowest BCUT2D eigenvalue weighted by molar-refractivity contribution is 0.819. The summed E-state index contributed by atoms with van der Waals surface area (Å²) >= 11 is 5.37. The molecule has 0 fully saturated rings. The van der Waals surface area contributed by atoms with E-state index in [-0.39, 0.29) is 0 Å². The minimum Gasteiger partial charge on any atom is -0.272 e. The summed E-state index contributed by atoms with van der Waals surface area (Å²) in [4.78, 5) is 0. The highest BCUT2D eigenvalue weighted by Gasteiger charge is 2.08. The molecule has 0 amide bonds. The molecular weight excluding hydrogens is 278 g/mol. The molecule has 0 aliphatic rings. The minimum atomic E-state index is 0.642. The summed E-state index contributed by atoms with van der Waals surface area (Å²) in [7, 11) is 0. The molecule has 0 aliphatic carbocycles. The van der Waals surface area contributed by atoms with Crippen LogP contribution in [0.2, 0.25) is 0 Å². The van der Waals surface area contributed by atoms with Gasteiger partial charge in [-0.05, 0) is 48.8 Å². The fourth-order valence-corrected chi connectivity index (χ4v) is 2.69. The second kappa shape index (κ2) is 6.06. The molecule has 0 saturated carbocycles. The van der Waals surface area contributed by atoms with Crippen LogP contribution in [0.4, 0.5) is 0 Å². The Morgan fingerprint density at radius 3 is 2.62 bits per heavy atom. The van der Waals surface area contributed by atoms with E-state index in [0.717, 1.165) is 24.4 Å². The predicted molar refractivity (Wildman–Crippen MR) is 87.3 cm³/mol. The molecule has 106 valence electrons. The number of nitrogens with zero attached hydrogens (tertiary/aromatic N) is 2. The van der Waals surface area contributed by atoms with Gasteiger partial charge < -0.3 is 0 Å². The quantitative estimate of drug-likeness (QED) is 0.737. The third kappa shape index (κ3) is 3.11. The van der Waals surface area contributed by atoms with Crippen LogP contribution in [0.25, 0.3) is 5.69 Å². The zero-order valence-corrected chi connectivity index (χ0v) is 12.7.